The van der Waals surface area contributed by atoms with Gasteiger partial charge in [0, 0.05) is 19.5 Å². The standard InChI is InChI=1S/C14H11Br2ClO/c1-8-4-9(6-11(17)5-8)14(18)12-7-10(15)2-3-13(12)16/h2-7,14,18H,1H3. The summed E-state index contributed by atoms with van der Waals surface area (Å²) in [7, 11) is 0. The van der Waals surface area contributed by atoms with Gasteiger partial charge in [-0.3, -0.25) is 0 Å². The number of hydrogen-bond donors (Lipinski definition) is 1. The third kappa shape index (κ3) is 3.15. The van der Waals surface area contributed by atoms with Crippen LogP contribution in [0, 0.1) is 6.92 Å². The van der Waals surface area contributed by atoms with Crippen molar-refractivity contribution in [3.63, 3.8) is 0 Å². The lowest BCUT2D eigenvalue weighted by Crippen LogP contribution is -2.01. The van der Waals surface area contributed by atoms with Crippen LogP contribution in [0.25, 0.3) is 0 Å². The summed E-state index contributed by atoms with van der Waals surface area (Å²) in [5.74, 6) is 0. The highest BCUT2D eigenvalue weighted by Gasteiger charge is 2.15. The molecule has 0 saturated carbocycles. The van der Waals surface area contributed by atoms with Crippen LogP contribution in [0.3, 0.4) is 0 Å². The van der Waals surface area contributed by atoms with Crippen LogP contribution in [-0.2, 0) is 0 Å². The van der Waals surface area contributed by atoms with E-state index in [0.29, 0.717) is 5.02 Å². The maximum Gasteiger partial charge on any atom is 0.105 e. The molecule has 1 nitrogen and oxygen atoms in total. The quantitative estimate of drug-likeness (QED) is 0.742. The highest BCUT2D eigenvalue weighted by Crippen LogP contribution is 2.32. The van der Waals surface area contributed by atoms with Crippen molar-refractivity contribution in [3.05, 3.63) is 67.1 Å². The van der Waals surface area contributed by atoms with Crippen molar-refractivity contribution in [1.82, 2.24) is 0 Å². The van der Waals surface area contributed by atoms with Crippen molar-refractivity contribution < 1.29 is 5.11 Å². The van der Waals surface area contributed by atoms with Crippen molar-refractivity contribution >= 4 is 43.5 Å². The van der Waals surface area contributed by atoms with Crippen LogP contribution < -0.4 is 0 Å². The van der Waals surface area contributed by atoms with E-state index in [0.717, 1.165) is 25.6 Å². The van der Waals surface area contributed by atoms with Crippen LogP contribution in [-0.4, -0.2) is 5.11 Å². The SMILES string of the molecule is Cc1cc(Cl)cc(C(O)c2cc(Br)ccc2Br)c1. The summed E-state index contributed by atoms with van der Waals surface area (Å²) in [6.45, 7) is 1.96. The molecular weight excluding hydrogens is 379 g/mol. The average molecular weight is 391 g/mol. The van der Waals surface area contributed by atoms with E-state index in [4.69, 9.17) is 11.6 Å². The molecule has 0 aromatic heterocycles. The molecule has 2 aromatic rings. The van der Waals surface area contributed by atoms with Crippen molar-refractivity contribution in [2.24, 2.45) is 0 Å². The van der Waals surface area contributed by atoms with E-state index < -0.39 is 6.10 Å². The van der Waals surface area contributed by atoms with Gasteiger partial charge in [0.1, 0.15) is 6.10 Å². The van der Waals surface area contributed by atoms with Crippen LogP contribution in [0.5, 0.6) is 0 Å². The van der Waals surface area contributed by atoms with Gasteiger partial charge in [-0.05, 0) is 48.4 Å². The molecule has 18 heavy (non-hydrogen) atoms. The fourth-order valence-electron chi connectivity index (χ4n) is 1.83. The Hall–Kier alpha value is -0.350. The van der Waals surface area contributed by atoms with Gasteiger partial charge in [-0.2, -0.15) is 0 Å². The summed E-state index contributed by atoms with van der Waals surface area (Å²) >= 11 is 12.9. The second kappa shape index (κ2) is 5.74. The van der Waals surface area contributed by atoms with Gasteiger partial charge >= 0.3 is 0 Å². The van der Waals surface area contributed by atoms with Crippen LogP contribution in [0.1, 0.15) is 22.8 Å². The monoisotopic (exact) mass is 388 g/mol. The van der Waals surface area contributed by atoms with Gasteiger partial charge in [-0.15, -0.1) is 0 Å². The molecule has 0 radical (unpaired) electrons. The summed E-state index contributed by atoms with van der Waals surface area (Å²) in [6.07, 6.45) is -0.700. The topological polar surface area (TPSA) is 20.2 Å². The average Bonchev–Trinajstić information content (AvgIpc) is 2.30. The number of hydrogen-bond acceptors (Lipinski definition) is 1. The molecule has 0 amide bonds. The molecule has 1 N–H and O–H groups in total. The lowest BCUT2D eigenvalue weighted by atomic mass is 10.00. The third-order valence-corrected chi connectivity index (χ3v) is 4.07. The van der Waals surface area contributed by atoms with Gasteiger partial charge in [0.2, 0.25) is 0 Å². The Morgan fingerprint density at radius 2 is 1.83 bits per heavy atom. The molecule has 0 saturated heterocycles. The highest BCUT2D eigenvalue weighted by atomic mass is 79.9. The molecule has 2 rings (SSSR count). The summed E-state index contributed by atoms with van der Waals surface area (Å²) in [4.78, 5) is 0. The molecule has 1 unspecified atom stereocenters. The fraction of sp³-hybridized carbons (Fsp3) is 0.143. The Morgan fingerprint density at radius 1 is 1.11 bits per heavy atom. The number of halogens is 3. The van der Waals surface area contributed by atoms with Crippen molar-refractivity contribution in [3.8, 4) is 0 Å². The minimum absolute atomic E-state index is 0.634. The molecule has 0 spiro atoms. The summed E-state index contributed by atoms with van der Waals surface area (Å²) in [5.41, 5.74) is 2.63. The molecular formula is C14H11Br2ClO. The van der Waals surface area contributed by atoms with Gasteiger partial charge in [0.05, 0.1) is 0 Å². The minimum atomic E-state index is -0.700. The number of aliphatic hydroxyl groups is 1. The zero-order valence-electron chi connectivity index (χ0n) is 9.62. The smallest absolute Gasteiger partial charge is 0.105 e. The van der Waals surface area contributed by atoms with Crippen LogP contribution in [0.2, 0.25) is 5.02 Å². The Morgan fingerprint density at radius 3 is 2.50 bits per heavy atom. The summed E-state index contributed by atoms with van der Waals surface area (Å²) in [5, 5.41) is 11.1. The van der Waals surface area contributed by atoms with E-state index in [1.807, 2.05) is 37.3 Å². The van der Waals surface area contributed by atoms with E-state index in [2.05, 4.69) is 31.9 Å². The second-order valence-electron chi connectivity index (χ2n) is 4.13. The largest absolute Gasteiger partial charge is 0.384 e. The molecule has 94 valence electrons. The molecule has 1 atom stereocenters. The lowest BCUT2D eigenvalue weighted by molar-refractivity contribution is 0.219. The van der Waals surface area contributed by atoms with Crippen molar-refractivity contribution in [2.45, 2.75) is 13.0 Å². The minimum Gasteiger partial charge on any atom is -0.384 e. The normalized spacial score (nSPS) is 12.5. The maximum absolute atomic E-state index is 10.4. The van der Waals surface area contributed by atoms with E-state index in [9.17, 15) is 5.11 Å². The van der Waals surface area contributed by atoms with Gasteiger partial charge in [0.15, 0.2) is 0 Å². The zero-order valence-corrected chi connectivity index (χ0v) is 13.6. The van der Waals surface area contributed by atoms with E-state index in [1.165, 1.54) is 0 Å². The fourth-order valence-corrected chi connectivity index (χ4v) is 2.97. The third-order valence-electron chi connectivity index (χ3n) is 2.63. The predicted molar refractivity (Wildman–Crippen MR) is 82.1 cm³/mol. The number of rotatable bonds is 2. The van der Waals surface area contributed by atoms with Gasteiger partial charge in [-0.25, -0.2) is 0 Å². The second-order valence-corrected chi connectivity index (χ2v) is 6.34. The molecule has 0 bridgehead atoms. The number of benzene rings is 2. The van der Waals surface area contributed by atoms with Crippen LogP contribution in [0.15, 0.2) is 45.3 Å². The van der Waals surface area contributed by atoms with Crippen molar-refractivity contribution in [2.75, 3.05) is 0 Å². The number of aliphatic hydroxyl groups excluding tert-OH is 1. The Labute approximate surface area is 128 Å². The molecule has 4 heteroatoms. The first-order valence-electron chi connectivity index (χ1n) is 5.37. The van der Waals surface area contributed by atoms with Crippen molar-refractivity contribution in [1.29, 1.82) is 0 Å². The van der Waals surface area contributed by atoms with Gasteiger partial charge in [-0.1, -0.05) is 49.5 Å². The predicted octanol–water partition coefficient (Wildman–Crippen LogP) is 5.26. The Balaban J connectivity index is 2.47. The first-order valence-corrected chi connectivity index (χ1v) is 7.34. The molecule has 0 heterocycles. The number of aryl methyl sites for hydroxylation is 1. The molecule has 0 aliphatic rings. The molecule has 2 aromatic carbocycles. The summed E-state index contributed by atoms with van der Waals surface area (Å²) < 4.78 is 1.80. The molecule has 0 fully saturated rings. The first kappa shape index (κ1) is 14.1. The van der Waals surface area contributed by atoms with Gasteiger partial charge in [0.25, 0.3) is 0 Å². The molecule has 0 aliphatic carbocycles. The van der Waals surface area contributed by atoms with Crippen LogP contribution in [0.4, 0.5) is 0 Å². The van der Waals surface area contributed by atoms with Gasteiger partial charge < -0.3 is 5.11 Å². The maximum atomic E-state index is 10.4. The Kier molecular flexibility index (Phi) is 4.49. The van der Waals surface area contributed by atoms with E-state index >= 15 is 0 Å². The highest BCUT2D eigenvalue weighted by molar-refractivity contribution is 9.11. The Bertz CT molecular complexity index is 564. The first-order chi connectivity index (χ1) is 8.47. The van der Waals surface area contributed by atoms with E-state index in [-0.39, 0.29) is 0 Å². The zero-order chi connectivity index (χ0) is 13.3. The molecule has 0 aliphatic heterocycles. The van der Waals surface area contributed by atoms with Crippen LogP contribution >= 0.6 is 43.5 Å². The van der Waals surface area contributed by atoms with E-state index in [1.54, 1.807) is 6.07 Å². The summed E-state index contributed by atoms with van der Waals surface area (Å²) in [6, 6.07) is 11.3. The lowest BCUT2D eigenvalue weighted by Gasteiger charge is -2.15.